The zero-order valence-electron chi connectivity index (χ0n) is 18.8. The highest BCUT2D eigenvalue weighted by molar-refractivity contribution is 5.79. The lowest BCUT2D eigenvalue weighted by Crippen LogP contribution is -2.57. The van der Waals surface area contributed by atoms with Crippen LogP contribution in [0.4, 0.5) is 4.79 Å². The number of carboxylic acid groups (broad SMARTS) is 1. The quantitative estimate of drug-likeness (QED) is 0.608. The maximum absolute atomic E-state index is 13.0. The van der Waals surface area contributed by atoms with Gasteiger partial charge >= 0.3 is 12.1 Å². The van der Waals surface area contributed by atoms with E-state index in [-0.39, 0.29) is 30.4 Å². The third-order valence-electron chi connectivity index (χ3n) is 8.84. The van der Waals surface area contributed by atoms with Crippen LogP contribution in [0.25, 0.3) is 11.1 Å². The van der Waals surface area contributed by atoms with Gasteiger partial charge in [-0.25, -0.2) is 4.79 Å². The number of rotatable bonds is 6. The van der Waals surface area contributed by atoms with Crippen molar-refractivity contribution in [3.05, 3.63) is 59.7 Å². The van der Waals surface area contributed by atoms with Crippen LogP contribution in [-0.2, 0) is 9.53 Å². The van der Waals surface area contributed by atoms with Gasteiger partial charge in [0.15, 0.2) is 0 Å². The second-order valence-corrected chi connectivity index (χ2v) is 10.9. The van der Waals surface area contributed by atoms with Crippen LogP contribution >= 0.6 is 0 Å². The van der Waals surface area contributed by atoms with Gasteiger partial charge in [-0.05, 0) is 83.9 Å². The fourth-order valence-electron chi connectivity index (χ4n) is 7.98. The second-order valence-electron chi connectivity index (χ2n) is 10.9. The monoisotopic (exact) mass is 445 g/mol. The van der Waals surface area contributed by atoms with Crippen LogP contribution in [0, 0.1) is 23.2 Å². The van der Waals surface area contributed by atoms with E-state index in [9.17, 15) is 14.7 Å². The number of benzene rings is 2. The number of carbonyl (C=O) groups is 2. The van der Waals surface area contributed by atoms with Gasteiger partial charge in [-0.1, -0.05) is 48.5 Å². The Kier molecular flexibility index (Phi) is 4.97. The first-order valence-electron chi connectivity index (χ1n) is 12.3. The van der Waals surface area contributed by atoms with Crippen molar-refractivity contribution < 1.29 is 19.4 Å². The number of amides is 1. The molecular weight excluding hydrogens is 414 g/mol. The van der Waals surface area contributed by atoms with Crippen LogP contribution < -0.4 is 5.32 Å². The Morgan fingerprint density at radius 2 is 1.42 bits per heavy atom. The number of hydrogen-bond acceptors (Lipinski definition) is 3. The van der Waals surface area contributed by atoms with Crippen molar-refractivity contribution >= 4 is 12.1 Å². The average Bonchev–Trinajstić information content (AvgIpc) is 3.10. The molecule has 1 amide bonds. The van der Waals surface area contributed by atoms with Crippen LogP contribution in [0.3, 0.4) is 0 Å². The van der Waals surface area contributed by atoms with Gasteiger partial charge in [-0.2, -0.15) is 0 Å². The first-order valence-corrected chi connectivity index (χ1v) is 12.3. The normalized spacial score (nSPS) is 29.9. The number of ether oxygens (including phenoxy) is 1. The van der Waals surface area contributed by atoms with Crippen LogP contribution in [0.5, 0.6) is 0 Å². The number of alkyl carbamates (subject to hydrolysis) is 1. The van der Waals surface area contributed by atoms with Crippen LogP contribution in [0.15, 0.2) is 48.5 Å². The molecule has 2 aromatic rings. The minimum atomic E-state index is -0.852. The van der Waals surface area contributed by atoms with E-state index in [2.05, 4.69) is 29.6 Å². The second kappa shape index (κ2) is 7.89. The molecule has 33 heavy (non-hydrogen) atoms. The molecule has 0 unspecified atom stereocenters. The van der Waals surface area contributed by atoms with Crippen LogP contribution in [0.2, 0.25) is 0 Å². The van der Waals surface area contributed by atoms with Gasteiger partial charge < -0.3 is 15.2 Å². The molecule has 0 spiro atoms. The third-order valence-corrected chi connectivity index (χ3v) is 8.84. The van der Waals surface area contributed by atoms with Gasteiger partial charge in [-0.15, -0.1) is 0 Å². The van der Waals surface area contributed by atoms with Gasteiger partial charge in [0.05, 0.1) is 6.42 Å². The van der Waals surface area contributed by atoms with Crippen molar-refractivity contribution in [3.8, 4) is 11.1 Å². The first kappa shape index (κ1) is 20.8. The summed E-state index contributed by atoms with van der Waals surface area (Å²) in [5, 5.41) is 12.7. The molecule has 172 valence electrons. The lowest BCUT2D eigenvalue weighted by molar-refractivity contribution is -0.141. The molecule has 0 saturated heterocycles. The molecule has 1 atom stereocenters. The van der Waals surface area contributed by atoms with E-state index in [1.165, 1.54) is 41.5 Å². The van der Waals surface area contributed by atoms with Gasteiger partial charge in [-0.3, -0.25) is 4.79 Å². The summed E-state index contributed by atoms with van der Waals surface area (Å²) >= 11 is 0. The largest absolute Gasteiger partial charge is 0.481 e. The van der Waals surface area contributed by atoms with E-state index < -0.39 is 12.1 Å². The van der Waals surface area contributed by atoms with E-state index in [0.29, 0.717) is 17.8 Å². The fraction of sp³-hybridized carbons (Fsp3) is 0.500. The highest BCUT2D eigenvalue weighted by Gasteiger charge is 2.55. The maximum atomic E-state index is 13.0. The number of carbonyl (C=O) groups excluding carboxylic acids is 1. The van der Waals surface area contributed by atoms with E-state index in [0.717, 1.165) is 19.3 Å². The Bertz CT molecular complexity index is 1010. The summed E-state index contributed by atoms with van der Waals surface area (Å²) in [5.74, 6) is 1.22. The molecule has 0 heterocycles. The highest BCUT2D eigenvalue weighted by Crippen LogP contribution is 2.61. The summed E-state index contributed by atoms with van der Waals surface area (Å²) in [6.45, 7) is 0.251. The Labute approximate surface area is 194 Å². The lowest BCUT2D eigenvalue weighted by atomic mass is 9.47. The molecule has 4 bridgehead atoms. The summed E-state index contributed by atoms with van der Waals surface area (Å²) in [6, 6.07) is 16.2. The predicted octanol–water partition coefficient (Wildman–Crippen LogP) is 5.58. The number of nitrogens with one attached hydrogen (secondary N) is 1. The molecule has 4 saturated carbocycles. The summed E-state index contributed by atoms with van der Waals surface area (Å²) < 4.78 is 5.77. The average molecular weight is 446 g/mol. The molecule has 0 aromatic heterocycles. The number of aliphatic carboxylic acids is 1. The van der Waals surface area contributed by atoms with Gasteiger partial charge in [0, 0.05) is 12.0 Å². The van der Waals surface area contributed by atoms with Crippen LogP contribution in [0.1, 0.15) is 62.0 Å². The molecule has 5 aliphatic rings. The van der Waals surface area contributed by atoms with Crippen molar-refractivity contribution in [2.45, 2.75) is 56.9 Å². The van der Waals surface area contributed by atoms with Crippen molar-refractivity contribution in [1.29, 1.82) is 0 Å². The number of hydrogen-bond donors (Lipinski definition) is 2. The van der Waals surface area contributed by atoms with Crippen molar-refractivity contribution in [2.24, 2.45) is 23.2 Å². The van der Waals surface area contributed by atoms with E-state index >= 15 is 0 Å². The molecule has 4 fully saturated rings. The van der Waals surface area contributed by atoms with Gasteiger partial charge in [0.2, 0.25) is 0 Å². The summed E-state index contributed by atoms with van der Waals surface area (Å²) in [4.78, 5) is 24.7. The van der Waals surface area contributed by atoms with Gasteiger partial charge in [0.1, 0.15) is 6.61 Å². The first-order chi connectivity index (χ1) is 16.0. The summed E-state index contributed by atoms with van der Waals surface area (Å²) in [7, 11) is 0. The Morgan fingerprint density at radius 1 is 0.909 bits per heavy atom. The fourth-order valence-corrected chi connectivity index (χ4v) is 7.98. The lowest BCUT2D eigenvalue weighted by Gasteiger charge is -2.59. The molecule has 5 heteroatoms. The molecule has 5 aliphatic carbocycles. The van der Waals surface area contributed by atoms with Crippen molar-refractivity contribution in [2.75, 3.05) is 6.61 Å². The van der Waals surface area contributed by atoms with Gasteiger partial charge in [0.25, 0.3) is 0 Å². The molecule has 0 aliphatic heterocycles. The van der Waals surface area contributed by atoms with Crippen molar-refractivity contribution in [3.63, 3.8) is 0 Å². The Balaban J connectivity index is 1.18. The molecule has 5 nitrogen and oxygen atoms in total. The highest BCUT2D eigenvalue weighted by atomic mass is 16.5. The standard InChI is InChI=1S/C28H31NO4/c30-26(31)12-25(28-13-17-9-18(14-28)11-19(10-17)15-28)29-27(32)33-16-24-22-7-3-1-5-20(22)21-6-2-4-8-23(21)24/h1-8,17-19,24-25H,9-16H2,(H,29,32)(H,30,31)/t17?,18?,19?,25-,28?/m0/s1. The molecule has 2 N–H and O–H groups in total. The SMILES string of the molecule is O=C(O)C[C@H](NC(=O)OCC1c2ccccc2-c2ccccc21)C12CC3CC(CC(C3)C1)C2. The summed E-state index contributed by atoms with van der Waals surface area (Å²) in [6.07, 6.45) is 6.45. The minimum Gasteiger partial charge on any atom is -0.481 e. The predicted molar refractivity (Wildman–Crippen MR) is 125 cm³/mol. The molecule has 2 aromatic carbocycles. The molecule has 7 rings (SSSR count). The van der Waals surface area contributed by atoms with E-state index in [4.69, 9.17) is 4.74 Å². The smallest absolute Gasteiger partial charge is 0.407 e. The Hall–Kier alpha value is -2.82. The van der Waals surface area contributed by atoms with Crippen LogP contribution in [-0.4, -0.2) is 29.8 Å². The maximum Gasteiger partial charge on any atom is 0.407 e. The van der Waals surface area contributed by atoms with Crippen molar-refractivity contribution in [1.82, 2.24) is 5.32 Å². The zero-order valence-corrected chi connectivity index (χ0v) is 18.8. The zero-order chi connectivity index (χ0) is 22.6. The Morgan fingerprint density at radius 3 is 1.94 bits per heavy atom. The third kappa shape index (κ3) is 3.62. The summed E-state index contributed by atoms with van der Waals surface area (Å²) in [5.41, 5.74) is 4.65. The van der Waals surface area contributed by atoms with E-state index in [1.54, 1.807) is 0 Å². The number of fused-ring (bicyclic) bond motifs is 3. The minimum absolute atomic E-state index is 0.000577. The molecule has 0 radical (unpaired) electrons. The van der Waals surface area contributed by atoms with E-state index in [1.807, 2.05) is 24.3 Å². The number of carboxylic acids is 1. The topological polar surface area (TPSA) is 75.6 Å². The molecular formula is C28H31NO4.